The fraction of sp³-hybridized carbons (Fsp3) is 0.714. The Bertz CT molecular complexity index is 542. The summed E-state index contributed by atoms with van der Waals surface area (Å²) in [6.07, 6.45) is 4.39. The maximum absolute atomic E-state index is 12.6. The first-order valence-electron chi connectivity index (χ1n) is 7.54. The van der Waals surface area contributed by atoms with Crippen LogP contribution in [-0.4, -0.2) is 49.1 Å². The average molecular weight is 292 g/mol. The normalized spacial score (nSPS) is 27.9. The van der Waals surface area contributed by atoms with Crippen LogP contribution in [0.25, 0.3) is 0 Å². The molecule has 1 aromatic heterocycles. The number of aliphatic carboxylic acids is 1. The summed E-state index contributed by atoms with van der Waals surface area (Å²) in [4.78, 5) is 29.6. The Hall–Kier alpha value is -1.92. The molecule has 2 aliphatic heterocycles. The van der Waals surface area contributed by atoms with Gasteiger partial charge in [-0.15, -0.1) is 5.10 Å². The number of carboxylic acid groups (broad SMARTS) is 1. The van der Waals surface area contributed by atoms with Crippen LogP contribution in [0.2, 0.25) is 0 Å². The van der Waals surface area contributed by atoms with Crippen LogP contribution < -0.4 is 0 Å². The molecule has 2 N–H and O–H groups in total. The van der Waals surface area contributed by atoms with Gasteiger partial charge in [0.1, 0.15) is 5.82 Å². The lowest BCUT2D eigenvalue weighted by molar-refractivity contribution is -0.138. The Morgan fingerprint density at radius 1 is 1.33 bits per heavy atom. The average Bonchev–Trinajstić information content (AvgIpc) is 3.01. The van der Waals surface area contributed by atoms with Gasteiger partial charge in [0.15, 0.2) is 0 Å². The molecule has 2 saturated heterocycles. The smallest absolute Gasteiger partial charge is 0.303 e. The topological polar surface area (TPSA) is 99.2 Å². The molecule has 7 nitrogen and oxygen atoms in total. The van der Waals surface area contributed by atoms with Crippen LogP contribution in [0, 0.1) is 5.92 Å². The molecule has 3 rings (SSSR count). The molecule has 3 heterocycles. The summed E-state index contributed by atoms with van der Waals surface area (Å²) >= 11 is 0. The van der Waals surface area contributed by atoms with Crippen molar-refractivity contribution in [2.75, 3.05) is 0 Å². The van der Waals surface area contributed by atoms with E-state index in [-0.39, 0.29) is 36.2 Å². The lowest BCUT2D eigenvalue weighted by Crippen LogP contribution is -2.47. The highest BCUT2D eigenvalue weighted by Gasteiger charge is 2.44. The van der Waals surface area contributed by atoms with E-state index in [4.69, 9.17) is 5.11 Å². The van der Waals surface area contributed by atoms with E-state index in [1.54, 1.807) is 0 Å². The largest absolute Gasteiger partial charge is 0.481 e. The zero-order chi connectivity index (χ0) is 15.0. The number of aromatic nitrogens is 3. The number of carbonyl (C=O) groups excluding carboxylic acids is 1. The highest BCUT2D eigenvalue weighted by Crippen LogP contribution is 2.40. The molecule has 2 unspecified atom stereocenters. The Morgan fingerprint density at radius 3 is 2.52 bits per heavy atom. The molecule has 2 aliphatic rings. The number of aryl methyl sites for hydroxylation is 1. The molecule has 7 heteroatoms. The molecular formula is C14H20N4O3. The summed E-state index contributed by atoms with van der Waals surface area (Å²) in [7, 11) is 0. The number of piperidine rings is 1. The van der Waals surface area contributed by atoms with Crippen LogP contribution in [0.5, 0.6) is 0 Å². The van der Waals surface area contributed by atoms with Crippen LogP contribution >= 0.6 is 0 Å². The van der Waals surface area contributed by atoms with Crippen molar-refractivity contribution in [1.82, 2.24) is 20.1 Å². The van der Waals surface area contributed by atoms with Gasteiger partial charge in [-0.1, -0.05) is 6.92 Å². The van der Waals surface area contributed by atoms with Crippen LogP contribution in [0.4, 0.5) is 0 Å². The number of nitrogens with zero attached hydrogens (tertiary/aromatic N) is 3. The minimum absolute atomic E-state index is 0.118. The third kappa shape index (κ3) is 2.64. The van der Waals surface area contributed by atoms with Crippen molar-refractivity contribution in [2.45, 2.75) is 57.5 Å². The molecular weight excluding hydrogens is 272 g/mol. The van der Waals surface area contributed by atoms with Crippen LogP contribution in [0.3, 0.4) is 0 Å². The Balaban J connectivity index is 1.72. The van der Waals surface area contributed by atoms with Gasteiger partial charge in [-0.3, -0.25) is 14.7 Å². The van der Waals surface area contributed by atoms with Crippen LogP contribution in [-0.2, 0) is 11.2 Å². The molecule has 2 atom stereocenters. The summed E-state index contributed by atoms with van der Waals surface area (Å²) < 4.78 is 0. The summed E-state index contributed by atoms with van der Waals surface area (Å²) in [5, 5.41) is 15.7. The minimum Gasteiger partial charge on any atom is -0.481 e. The van der Waals surface area contributed by atoms with E-state index >= 15 is 0 Å². The second-order valence-corrected chi connectivity index (χ2v) is 5.99. The first kappa shape index (κ1) is 14.0. The number of hydrogen-bond donors (Lipinski definition) is 2. The Kier molecular flexibility index (Phi) is 3.65. The predicted molar refractivity (Wildman–Crippen MR) is 73.7 cm³/mol. The maximum Gasteiger partial charge on any atom is 0.303 e. The number of hydrogen-bond acceptors (Lipinski definition) is 4. The summed E-state index contributed by atoms with van der Waals surface area (Å²) in [5.74, 6) is 0.266. The monoisotopic (exact) mass is 292 g/mol. The number of carbonyl (C=O) groups is 2. The van der Waals surface area contributed by atoms with E-state index in [1.807, 2.05) is 11.8 Å². The van der Waals surface area contributed by atoms with Gasteiger partial charge in [0.25, 0.3) is 5.91 Å². The molecule has 2 fully saturated rings. The molecule has 21 heavy (non-hydrogen) atoms. The van der Waals surface area contributed by atoms with Crippen LogP contribution in [0.15, 0.2) is 0 Å². The number of H-pyrrole nitrogens is 1. The fourth-order valence-electron chi connectivity index (χ4n) is 3.70. The number of nitrogens with one attached hydrogen (secondary N) is 1. The molecule has 1 aromatic rings. The van der Waals surface area contributed by atoms with Crippen molar-refractivity contribution in [2.24, 2.45) is 5.92 Å². The number of amides is 1. The van der Waals surface area contributed by atoms with E-state index in [0.29, 0.717) is 12.2 Å². The second kappa shape index (κ2) is 5.46. The Morgan fingerprint density at radius 2 is 2.00 bits per heavy atom. The third-order valence-electron chi connectivity index (χ3n) is 4.59. The molecule has 2 bridgehead atoms. The number of aromatic amines is 1. The van der Waals surface area contributed by atoms with Gasteiger partial charge in [0.2, 0.25) is 5.82 Å². The standard InChI is InChI=1S/C14H20N4O3/c1-2-11-15-13(17-16-11)14(21)18-9-3-4-10(18)6-8(5-9)7-12(19)20/h8-10H,2-7H2,1H3,(H,19,20)(H,15,16,17). The van der Waals surface area contributed by atoms with Crippen molar-refractivity contribution in [3.63, 3.8) is 0 Å². The highest BCUT2D eigenvalue weighted by molar-refractivity contribution is 5.91. The fourth-order valence-corrected chi connectivity index (χ4v) is 3.70. The number of rotatable bonds is 4. The van der Waals surface area contributed by atoms with Crippen molar-refractivity contribution >= 4 is 11.9 Å². The molecule has 114 valence electrons. The zero-order valence-electron chi connectivity index (χ0n) is 12.1. The summed E-state index contributed by atoms with van der Waals surface area (Å²) in [6, 6.07) is 0.286. The van der Waals surface area contributed by atoms with Gasteiger partial charge in [0.05, 0.1) is 0 Å². The lowest BCUT2D eigenvalue weighted by Gasteiger charge is -2.38. The quantitative estimate of drug-likeness (QED) is 0.869. The predicted octanol–water partition coefficient (Wildman–Crippen LogP) is 1.22. The number of carboxylic acids is 1. The molecule has 0 saturated carbocycles. The van der Waals surface area contributed by atoms with E-state index in [9.17, 15) is 9.59 Å². The zero-order valence-corrected chi connectivity index (χ0v) is 12.1. The lowest BCUT2D eigenvalue weighted by atomic mass is 9.88. The Labute approximate surface area is 122 Å². The third-order valence-corrected chi connectivity index (χ3v) is 4.59. The first-order valence-corrected chi connectivity index (χ1v) is 7.54. The molecule has 0 aromatic carbocycles. The molecule has 0 radical (unpaired) electrons. The number of fused-ring (bicyclic) bond motifs is 2. The SMILES string of the molecule is CCc1nc(C(=O)N2C3CCC2CC(CC(=O)O)C3)n[nH]1. The van der Waals surface area contributed by atoms with Crippen molar-refractivity contribution < 1.29 is 14.7 Å². The van der Waals surface area contributed by atoms with Crippen LogP contribution in [0.1, 0.15) is 55.5 Å². The van der Waals surface area contributed by atoms with Crippen molar-refractivity contribution in [1.29, 1.82) is 0 Å². The van der Waals surface area contributed by atoms with Gasteiger partial charge in [-0.05, 0) is 31.6 Å². The van der Waals surface area contributed by atoms with Gasteiger partial charge in [-0.25, -0.2) is 4.98 Å². The van der Waals surface area contributed by atoms with Crippen molar-refractivity contribution in [3.05, 3.63) is 11.6 Å². The van der Waals surface area contributed by atoms with E-state index < -0.39 is 5.97 Å². The van der Waals surface area contributed by atoms with Gasteiger partial charge in [0, 0.05) is 24.9 Å². The van der Waals surface area contributed by atoms with Crippen molar-refractivity contribution in [3.8, 4) is 0 Å². The summed E-state index contributed by atoms with van der Waals surface area (Å²) in [5.41, 5.74) is 0. The maximum atomic E-state index is 12.6. The first-order chi connectivity index (χ1) is 10.1. The minimum atomic E-state index is -0.749. The molecule has 0 aliphatic carbocycles. The van der Waals surface area contributed by atoms with Gasteiger partial charge >= 0.3 is 5.97 Å². The van der Waals surface area contributed by atoms with E-state index in [0.717, 1.165) is 25.7 Å². The second-order valence-electron chi connectivity index (χ2n) is 5.99. The van der Waals surface area contributed by atoms with Gasteiger partial charge < -0.3 is 10.0 Å². The van der Waals surface area contributed by atoms with E-state index in [2.05, 4.69) is 15.2 Å². The molecule has 1 amide bonds. The highest BCUT2D eigenvalue weighted by atomic mass is 16.4. The summed E-state index contributed by atoms with van der Waals surface area (Å²) in [6.45, 7) is 1.95. The molecule has 0 spiro atoms. The van der Waals surface area contributed by atoms with E-state index in [1.165, 1.54) is 0 Å². The van der Waals surface area contributed by atoms with Gasteiger partial charge in [-0.2, -0.15) is 0 Å².